The number of aliphatic carboxylic acids is 1. The monoisotopic (exact) mass is 462 g/mol. The van der Waals surface area contributed by atoms with Gasteiger partial charge in [-0.25, -0.2) is 4.79 Å². The molecule has 0 unspecified atom stereocenters. The van der Waals surface area contributed by atoms with Crippen LogP contribution < -0.4 is 10.6 Å². The SMILES string of the molecule is O=C(CC1(NC(=O)OCC2c3ccccc3-c3ccccc32)CCC1)N[C@H]1CCC[C@H]1C(=O)O. The lowest BCUT2D eigenvalue weighted by atomic mass is 9.74. The molecule has 3 N–H and O–H groups in total. The highest BCUT2D eigenvalue weighted by molar-refractivity contribution is 5.81. The van der Waals surface area contributed by atoms with Crippen LogP contribution in [0.15, 0.2) is 48.5 Å². The fraction of sp³-hybridized carbons (Fsp3) is 0.444. The summed E-state index contributed by atoms with van der Waals surface area (Å²) in [5.74, 6) is -1.62. The van der Waals surface area contributed by atoms with Gasteiger partial charge in [0.1, 0.15) is 6.61 Å². The summed E-state index contributed by atoms with van der Waals surface area (Å²) in [4.78, 5) is 36.9. The smallest absolute Gasteiger partial charge is 0.407 e. The number of fused-ring (bicyclic) bond motifs is 3. The van der Waals surface area contributed by atoms with Crippen LogP contribution in [0.5, 0.6) is 0 Å². The molecule has 3 aliphatic rings. The van der Waals surface area contributed by atoms with Gasteiger partial charge in [0.25, 0.3) is 0 Å². The summed E-state index contributed by atoms with van der Waals surface area (Å²) in [6, 6.07) is 16.0. The molecule has 178 valence electrons. The Morgan fingerprint density at radius 1 is 0.941 bits per heavy atom. The maximum absolute atomic E-state index is 12.8. The quantitative estimate of drug-likeness (QED) is 0.572. The van der Waals surface area contributed by atoms with Crippen LogP contribution in [0.1, 0.15) is 62.0 Å². The zero-order chi connectivity index (χ0) is 23.7. The Morgan fingerprint density at radius 3 is 2.18 bits per heavy atom. The molecule has 0 spiro atoms. The Balaban J connectivity index is 1.19. The number of nitrogens with one attached hydrogen (secondary N) is 2. The molecular weight excluding hydrogens is 432 g/mol. The first kappa shape index (κ1) is 22.4. The van der Waals surface area contributed by atoms with Gasteiger partial charge in [0, 0.05) is 18.4 Å². The third kappa shape index (κ3) is 4.27. The van der Waals surface area contributed by atoms with Crippen LogP contribution in [-0.4, -0.2) is 41.3 Å². The van der Waals surface area contributed by atoms with Gasteiger partial charge in [-0.05, 0) is 54.4 Å². The van der Waals surface area contributed by atoms with Crippen molar-refractivity contribution in [2.75, 3.05) is 6.61 Å². The molecule has 2 fully saturated rings. The second kappa shape index (κ2) is 9.12. The number of amides is 2. The largest absolute Gasteiger partial charge is 0.481 e. The summed E-state index contributed by atoms with van der Waals surface area (Å²) in [5.41, 5.74) is 4.03. The van der Waals surface area contributed by atoms with Gasteiger partial charge in [0.2, 0.25) is 5.91 Å². The summed E-state index contributed by atoms with van der Waals surface area (Å²) >= 11 is 0. The average Bonchev–Trinajstić information content (AvgIpc) is 3.39. The lowest BCUT2D eigenvalue weighted by Crippen LogP contribution is -2.56. The molecule has 2 atom stereocenters. The zero-order valence-electron chi connectivity index (χ0n) is 19.1. The first-order valence-electron chi connectivity index (χ1n) is 12.1. The summed E-state index contributed by atoms with van der Waals surface area (Å²) in [7, 11) is 0. The molecule has 0 aliphatic heterocycles. The molecule has 34 heavy (non-hydrogen) atoms. The molecule has 0 saturated heterocycles. The standard InChI is InChI=1S/C27H30N2O5/c30-24(28-23-12-5-11-21(23)25(31)32)15-27(13-6-14-27)29-26(33)34-16-22-19-9-3-1-7-17(19)18-8-2-4-10-20(18)22/h1-4,7-10,21-23H,5-6,11-16H2,(H,28,30)(H,29,33)(H,31,32)/t21-,23+/m1/s1. The second-order valence-corrected chi connectivity index (χ2v) is 9.81. The van der Waals surface area contributed by atoms with E-state index in [4.69, 9.17) is 4.74 Å². The molecule has 0 radical (unpaired) electrons. The predicted octanol–water partition coefficient (Wildman–Crippen LogP) is 4.21. The van der Waals surface area contributed by atoms with E-state index in [2.05, 4.69) is 34.9 Å². The normalized spacial score (nSPS) is 22.2. The fourth-order valence-electron chi connectivity index (χ4n) is 5.79. The van der Waals surface area contributed by atoms with Gasteiger partial charge in [0.15, 0.2) is 0 Å². The highest BCUT2D eigenvalue weighted by atomic mass is 16.5. The number of hydrogen-bond acceptors (Lipinski definition) is 4. The van der Waals surface area contributed by atoms with E-state index in [9.17, 15) is 19.5 Å². The van der Waals surface area contributed by atoms with E-state index >= 15 is 0 Å². The molecule has 0 aromatic heterocycles. The van der Waals surface area contributed by atoms with Crippen molar-refractivity contribution >= 4 is 18.0 Å². The Labute approximate surface area is 198 Å². The summed E-state index contributed by atoms with van der Waals surface area (Å²) in [5, 5.41) is 15.2. The third-order valence-corrected chi connectivity index (χ3v) is 7.70. The number of carbonyl (C=O) groups excluding carboxylic acids is 2. The highest BCUT2D eigenvalue weighted by Gasteiger charge is 2.42. The van der Waals surface area contributed by atoms with Gasteiger partial charge in [0.05, 0.1) is 11.5 Å². The number of ether oxygens (including phenoxy) is 1. The Morgan fingerprint density at radius 2 is 1.59 bits per heavy atom. The maximum atomic E-state index is 12.8. The van der Waals surface area contributed by atoms with Crippen LogP contribution >= 0.6 is 0 Å². The average molecular weight is 463 g/mol. The summed E-state index contributed by atoms with van der Waals surface area (Å²) < 4.78 is 5.68. The van der Waals surface area contributed by atoms with Crippen molar-refractivity contribution in [3.63, 3.8) is 0 Å². The van der Waals surface area contributed by atoms with E-state index in [1.165, 1.54) is 11.1 Å². The number of carboxylic acids is 1. The fourth-order valence-corrected chi connectivity index (χ4v) is 5.79. The van der Waals surface area contributed by atoms with Crippen LogP contribution in [-0.2, 0) is 14.3 Å². The van der Waals surface area contributed by atoms with E-state index in [-0.39, 0.29) is 30.9 Å². The highest BCUT2D eigenvalue weighted by Crippen LogP contribution is 2.44. The topological polar surface area (TPSA) is 105 Å². The van der Waals surface area contributed by atoms with Gasteiger partial charge in [-0.1, -0.05) is 55.0 Å². The van der Waals surface area contributed by atoms with E-state index in [1.54, 1.807) is 0 Å². The van der Waals surface area contributed by atoms with Crippen molar-refractivity contribution < 1.29 is 24.2 Å². The third-order valence-electron chi connectivity index (χ3n) is 7.70. The minimum Gasteiger partial charge on any atom is -0.481 e. The van der Waals surface area contributed by atoms with Crippen molar-refractivity contribution in [3.05, 3.63) is 59.7 Å². The van der Waals surface area contributed by atoms with Gasteiger partial charge in [-0.2, -0.15) is 0 Å². The van der Waals surface area contributed by atoms with Crippen LogP contribution in [0.2, 0.25) is 0 Å². The molecule has 0 heterocycles. The molecule has 2 aromatic rings. The van der Waals surface area contributed by atoms with Crippen molar-refractivity contribution in [3.8, 4) is 11.1 Å². The summed E-state index contributed by atoms with van der Waals surface area (Å²) in [6.45, 7) is 0.227. The Hall–Kier alpha value is -3.35. The van der Waals surface area contributed by atoms with Gasteiger partial charge < -0.3 is 20.5 Å². The van der Waals surface area contributed by atoms with Crippen molar-refractivity contribution in [1.29, 1.82) is 0 Å². The number of hydrogen-bond donors (Lipinski definition) is 3. The van der Waals surface area contributed by atoms with E-state index in [0.29, 0.717) is 25.7 Å². The predicted molar refractivity (Wildman–Crippen MR) is 126 cm³/mol. The Bertz CT molecular complexity index is 1060. The minimum absolute atomic E-state index is 0.0193. The van der Waals surface area contributed by atoms with Gasteiger partial charge >= 0.3 is 12.1 Å². The number of benzene rings is 2. The molecule has 2 aromatic carbocycles. The maximum Gasteiger partial charge on any atom is 0.407 e. The van der Waals surface area contributed by atoms with Crippen molar-refractivity contribution in [2.24, 2.45) is 5.92 Å². The molecule has 5 rings (SSSR count). The molecule has 0 bridgehead atoms. The van der Waals surface area contributed by atoms with E-state index in [1.807, 2.05) is 24.3 Å². The molecule has 7 heteroatoms. The first-order chi connectivity index (χ1) is 16.5. The van der Waals surface area contributed by atoms with Gasteiger partial charge in [-0.15, -0.1) is 0 Å². The van der Waals surface area contributed by atoms with Crippen LogP contribution in [0.3, 0.4) is 0 Å². The molecule has 2 amide bonds. The van der Waals surface area contributed by atoms with E-state index in [0.717, 1.165) is 24.0 Å². The first-order valence-corrected chi connectivity index (χ1v) is 12.1. The van der Waals surface area contributed by atoms with Gasteiger partial charge in [-0.3, -0.25) is 9.59 Å². The lowest BCUT2D eigenvalue weighted by Gasteiger charge is -2.42. The lowest BCUT2D eigenvalue weighted by molar-refractivity contribution is -0.142. The van der Waals surface area contributed by atoms with Crippen molar-refractivity contribution in [1.82, 2.24) is 10.6 Å². The second-order valence-electron chi connectivity index (χ2n) is 9.81. The molecular formula is C27H30N2O5. The minimum atomic E-state index is -0.863. The number of carboxylic acid groups (broad SMARTS) is 1. The number of rotatable bonds is 7. The zero-order valence-corrected chi connectivity index (χ0v) is 19.1. The number of alkyl carbamates (subject to hydrolysis) is 1. The van der Waals surface area contributed by atoms with E-state index < -0.39 is 23.5 Å². The van der Waals surface area contributed by atoms with Crippen molar-refractivity contribution in [2.45, 2.75) is 62.4 Å². The molecule has 7 nitrogen and oxygen atoms in total. The van der Waals surface area contributed by atoms with Crippen LogP contribution in [0.4, 0.5) is 4.79 Å². The summed E-state index contributed by atoms with van der Waals surface area (Å²) in [6.07, 6.45) is 4.02. The Kier molecular flexibility index (Phi) is 6.02. The van der Waals surface area contributed by atoms with Crippen LogP contribution in [0.25, 0.3) is 11.1 Å². The molecule has 2 saturated carbocycles. The van der Waals surface area contributed by atoms with Crippen LogP contribution in [0, 0.1) is 5.92 Å². The molecule has 3 aliphatic carbocycles. The number of carbonyl (C=O) groups is 3.